The van der Waals surface area contributed by atoms with Crippen LogP contribution in [0.3, 0.4) is 0 Å². The van der Waals surface area contributed by atoms with E-state index in [0.29, 0.717) is 11.4 Å². The monoisotopic (exact) mass is 250 g/mol. The normalized spacial score (nSPS) is 22.8. The summed E-state index contributed by atoms with van der Waals surface area (Å²) in [6.45, 7) is 0. The van der Waals surface area contributed by atoms with Crippen LogP contribution in [-0.4, -0.2) is 24.2 Å². The fraction of sp³-hybridized carbons (Fsp3) is 0.462. The SMILES string of the molecule is COc1ccc(O)c(NC(=O)C2CCCC2N)c1. The maximum atomic E-state index is 12.0. The number of methoxy groups -OCH3 is 1. The molecule has 0 spiro atoms. The highest BCUT2D eigenvalue weighted by Gasteiger charge is 2.30. The lowest BCUT2D eigenvalue weighted by Gasteiger charge is -2.16. The van der Waals surface area contributed by atoms with E-state index in [-0.39, 0.29) is 23.6 Å². The molecule has 1 fully saturated rings. The minimum absolute atomic E-state index is 0.0238. The van der Waals surface area contributed by atoms with Crippen LogP contribution in [0.4, 0.5) is 5.69 Å². The smallest absolute Gasteiger partial charge is 0.229 e. The Morgan fingerprint density at radius 2 is 2.28 bits per heavy atom. The molecule has 18 heavy (non-hydrogen) atoms. The van der Waals surface area contributed by atoms with Crippen molar-refractivity contribution in [2.75, 3.05) is 12.4 Å². The molecule has 0 aromatic heterocycles. The zero-order chi connectivity index (χ0) is 13.1. The summed E-state index contributed by atoms with van der Waals surface area (Å²) in [7, 11) is 1.53. The van der Waals surface area contributed by atoms with E-state index in [1.165, 1.54) is 13.2 Å². The third kappa shape index (κ3) is 2.56. The predicted octanol–water partition coefficient (Wildman–Crippen LogP) is 1.47. The minimum Gasteiger partial charge on any atom is -0.506 e. The van der Waals surface area contributed by atoms with Crippen molar-refractivity contribution in [1.29, 1.82) is 0 Å². The van der Waals surface area contributed by atoms with Gasteiger partial charge in [0.05, 0.1) is 18.7 Å². The third-order valence-corrected chi connectivity index (χ3v) is 3.37. The zero-order valence-electron chi connectivity index (χ0n) is 10.3. The summed E-state index contributed by atoms with van der Waals surface area (Å²) in [5, 5.41) is 12.4. The molecule has 2 unspecified atom stereocenters. The molecule has 0 heterocycles. The van der Waals surface area contributed by atoms with Gasteiger partial charge in [0.15, 0.2) is 0 Å². The molecule has 1 amide bonds. The zero-order valence-corrected chi connectivity index (χ0v) is 10.3. The number of carbonyl (C=O) groups is 1. The van der Waals surface area contributed by atoms with Crippen molar-refractivity contribution < 1.29 is 14.6 Å². The first kappa shape index (κ1) is 12.7. The largest absolute Gasteiger partial charge is 0.506 e. The molecule has 0 radical (unpaired) electrons. The fourth-order valence-corrected chi connectivity index (χ4v) is 2.28. The van der Waals surface area contributed by atoms with Crippen molar-refractivity contribution in [3.63, 3.8) is 0 Å². The molecule has 1 saturated carbocycles. The van der Waals surface area contributed by atoms with Crippen molar-refractivity contribution in [1.82, 2.24) is 0 Å². The molecule has 0 saturated heterocycles. The van der Waals surface area contributed by atoms with Gasteiger partial charge in [0.1, 0.15) is 11.5 Å². The van der Waals surface area contributed by atoms with Gasteiger partial charge in [-0.15, -0.1) is 0 Å². The van der Waals surface area contributed by atoms with Crippen molar-refractivity contribution in [3.8, 4) is 11.5 Å². The van der Waals surface area contributed by atoms with Gasteiger partial charge in [-0.25, -0.2) is 0 Å². The fourth-order valence-electron chi connectivity index (χ4n) is 2.28. The summed E-state index contributed by atoms with van der Waals surface area (Å²) in [4.78, 5) is 12.0. The molecule has 1 aromatic carbocycles. The van der Waals surface area contributed by atoms with Gasteiger partial charge >= 0.3 is 0 Å². The number of rotatable bonds is 3. The van der Waals surface area contributed by atoms with Crippen molar-refractivity contribution in [2.24, 2.45) is 11.7 Å². The molecular weight excluding hydrogens is 232 g/mol. The molecule has 1 aliphatic rings. The lowest BCUT2D eigenvalue weighted by Crippen LogP contribution is -2.34. The van der Waals surface area contributed by atoms with Crippen LogP contribution in [0.5, 0.6) is 11.5 Å². The van der Waals surface area contributed by atoms with E-state index in [1.807, 2.05) is 0 Å². The van der Waals surface area contributed by atoms with Crippen LogP contribution in [0, 0.1) is 5.92 Å². The number of ether oxygens (including phenoxy) is 1. The van der Waals surface area contributed by atoms with E-state index in [2.05, 4.69) is 5.32 Å². The molecule has 1 aliphatic carbocycles. The highest BCUT2D eigenvalue weighted by molar-refractivity contribution is 5.94. The van der Waals surface area contributed by atoms with Gasteiger partial charge in [0.25, 0.3) is 0 Å². The molecule has 1 aromatic rings. The topological polar surface area (TPSA) is 84.6 Å². The Labute approximate surface area is 106 Å². The predicted molar refractivity (Wildman–Crippen MR) is 68.6 cm³/mol. The second-order valence-corrected chi connectivity index (χ2v) is 4.57. The summed E-state index contributed by atoms with van der Waals surface area (Å²) in [6.07, 6.45) is 2.66. The molecule has 0 bridgehead atoms. The summed E-state index contributed by atoms with van der Waals surface area (Å²) in [6, 6.07) is 4.63. The first-order valence-corrected chi connectivity index (χ1v) is 6.05. The first-order valence-electron chi connectivity index (χ1n) is 6.05. The van der Waals surface area contributed by atoms with Gasteiger partial charge < -0.3 is 20.9 Å². The first-order chi connectivity index (χ1) is 8.61. The summed E-state index contributed by atoms with van der Waals surface area (Å²) in [5.41, 5.74) is 6.24. The average molecular weight is 250 g/mol. The number of phenolic OH excluding ortho intramolecular Hbond substituents is 1. The Morgan fingerprint density at radius 3 is 2.89 bits per heavy atom. The van der Waals surface area contributed by atoms with Crippen molar-refractivity contribution in [2.45, 2.75) is 25.3 Å². The van der Waals surface area contributed by atoms with Crippen LogP contribution in [0.2, 0.25) is 0 Å². The maximum Gasteiger partial charge on any atom is 0.229 e. The molecule has 4 N–H and O–H groups in total. The number of phenols is 1. The molecular formula is C13H18N2O3. The summed E-state index contributed by atoms with van der Waals surface area (Å²) in [5.74, 6) is 0.300. The van der Waals surface area contributed by atoms with Gasteiger partial charge in [-0.2, -0.15) is 0 Å². The van der Waals surface area contributed by atoms with Gasteiger partial charge in [0, 0.05) is 12.1 Å². The van der Waals surface area contributed by atoms with Gasteiger partial charge in [-0.3, -0.25) is 4.79 Å². The number of benzene rings is 1. The molecule has 98 valence electrons. The lowest BCUT2D eigenvalue weighted by molar-refractivity contribution is -0.120. The molecule has 2 rings (SSSR count). The van der Waals surface area contributed by atoms with Crippen LogP contribution in [0.1, 0.15) is 19.3 Å². The number of hydrogen-bond acceptors (Lipinski definition) is 4. The van der Waals surface area contributed by atoms with E-state index in [4.69, 9.17) is 10.5 Å². The Morgan fingerprint density at radius 1 is 1.50 bits per heavy atom. The maximum absolute atomic E-state index is 12.0. The Bertz CT molecular complexity index is 448. The highest BCUT2D eigenvalue weighted by atomic mass is 16.5. The minimum atomic E-state index is -0.171. The van der Waals surface area contributed by atoms with E-state index in [0.717, 1.165) is 19.3 Å². The standard InChI is InChI=1S/C13H18N2O3/c1-18-8-5-6-12(16)11(7-8)15-13(17)9-3-2-4-10(9)14/h5-7,9-10,16H,2-4,14H2,1H3,(H,15,17). The summed E-state index contributed by atoms with van der Waals surface area (Å²) < 4.78 is 5.05. The second kappa shape index (κ2) is 5.27. The number of hydrogen-bond donors (Lipinski definition) is 3. The number of nitrogens with two attached hydrogens (primary N) is 1. The molecule has 5 heteroatoms. The quantitative estimate of drug-likeness (QED) is 0.709. The van der Waals surface area contributed by atoms with E-state index >= 15 is 0 Å². The van der Waals surface area contributed by atoms with Crippen molar-refractivity contribution in [3.05, 3.63) is 18.2 Å². The Hall–Kier alpha value is -1.75. The van der Waals surface area contributed by atoms with Gasteiger partial charge in [0.2, 0.25) is 5.91 Å². The molecule has 0 aliphatic heterocycles. The van der Waals surface area contributed by atoms with Crippen LogP contribution >= 0.6 is 0 Å². The highest BCUT2D eigenvalue weighted by Crippen LogP contribution is 2.30. The molecule has 2 atom stereocenters. The van der Waals surface area contributed by atoms with E-state index in [9.17, 15) is 9.90 Å². The van der Waals surface area contributed by atoms with Gasteiger partial charge in [-0.1, -0.05) is 6.42 Å². The van der Waals surface area contributed by atoms with Crippen LogP contribution < -0.4 is 15.8 Å². The molecule has 5 nitrogen and oxygen atoms in total. The number of amides is 1. The van der Waals surface area contributed by atoms with E-state index in [1.54, 1.807) is 12.1 Å². The van der Waals surface area contributed by atoms with Crippen molar-refractivity contribution >= 4 is 11.6 Å². The van der Waals surface area contributed by atoms with E-state index < -0.39 is 0 Å². The van der Waals surface area contributed by atoms with Gasteiger partial charge in [-0.05, 0) is 25.0 Å². The average Bonchev–Trinajstić information content (AvgIpc) is 2.78. The Balaban J connectivity index is 2.11. The summed E-state index contributed by atoms with van der Waals surface area (Å²) >= 11 is 0. The Kier molecular flexibility index (Phi) is 3.72. The number of nitrogens with one attached hydrogen (secondary N) is 1. The number of aromatic hydroxyl groups is 1. The number of anilines is 1. The van der Waals surface area contributed by atoms with Crippen LogP contribution in [0.25, 0.3) is 0 Å². The lowest BCUT2D eigenvalue weighted by atomic mass is 10.0. The second-order valence-electron chi connectivity index (χ2n) is 4.57. The third-order valence-electron chi connectivity index (χ3n) is 3.37. The van der Waals surface area contributed by atoms with Crippen LogP contribution in [-0.2, 0) is 4.79 Å². The van der Waals surface area contributed by atoms with Crippen LogP contribution in [0.15, 0.2) is 18.2 Å². The number of carbonyl (C=O) groups excluding carboxylic acids is 1.